The van der Waals surface area contributed by atoms with Gasteiger partial charge in [0.05, 0.1) is 16.9 Å². The molecule has 2 aromatic rings. The first-order valence-corrected chi connectivity index (χ1v) is 8.85. The molecular formula is C19H25ClN4O2. The predicted octanol–water partition coefficient (Wildman–Crippen LogP) is 4.35. The molecule has 1 aromatic heterocycles. The number of fused-ring (bicyclic) bond motifs is 1. The molecule has 0 unspecified atom stereocenters. The minimum absolute atomic E-state index is 0.289. The standard InChI is InChI=1S/C19H25ClN4O2/c1-19(2,3)26-18(25)23-12-8-4-7-11-22-16-13-9-5-6-10-14(13)24-17(20)15(16)21/h4-7,9-10H,8,11-12,21H2,1-3H3,(H,22,24)(H,23,25)/b7-4+. The highest BCUT2D eigenvalue weighted by atomic mass is 35.5. The van der Waals surface area contributed by atoms with Gasteiger partial charge in [-0.1, -0.05) is 42.0 Å². The average Bonchev–Trinajstić information content (AvgIpc) is 2.55. The van der Waals surface area contributed by atoms with E-state index in [0.29, 0.717) is 25.2 Å². The third kappa shape index (κ3) is 5.81. The van der Waals surface area contributed by atoms with Crippen molar-refractivity contribution in [2.45, 2.75) is 32.8 Å². The molecule has 6 nitrogen and oxygen atoms in total. The fourth-order valence-electron chi connectivity index (χ4n) is 2.32. The third-order valence-corrected chi connectivity index (χ3v) is 3.71. The zero-order chi connectivity index (χ0) is 19.2. The molecule has 0 saturated carbocycles. The summed E-state index contributed by atoms with van der Waals surface area (Å²) in [6.07, 6.45) is 4.24. The van der Waals surface area contributed by atoms with E-state index in [1.807, 2.05) is 57.2 Å². The van der Waals surface area contributed by atoms with Gasteiger partial charge in [0.25, 0.3) is 0 Å². The van der Waals surface area contributed by atoms with Crippen molar-refractivity contribution in [2.75, 3.05) is 24.1 Å². The molecule has 0 bridgehead atoms. The number of rotatable bonds is 6. The lowest BCUT2D eigenvalue weighted by molar-refractivity contribution is 0.0529. The highest BCUT2D eigenvalue weighted by Gasteiger charge is 2.15. The normalized spacial score (nSPS) is 11.7. The molecule has 0 aliphatic carbocycles. The maximum Gasteiger partial charge on any atom is 0.407 e. The Hall–Kier alpha value is -2.47. The number of nitrogens with one attached hydrogen (secondary N) is 2. The minimum Gasteiger partial charge on any atom is -0.444 e. The van der Waals surface area contributed by atoms with Crippen LogP contribution in [0.1, 0.15) is 27.2 Å². The first-order valence-electron chi connectivity index (χ1n) is 8.47. The molecule has 1 heterocycles. The Bertz CT molecular complexity index is 800. The van der Waals surface area contributed by atoms with Crippen molar-refractivity contribution in [3.63, 3.8) is 0 Å². The van der Waals surface area contributed by atoms with Crippen molar-refractivity contribution < 1.29 is 9.53 Å². The third-order valence-electron chi connectivity index (χ3n) is 3.43. The molecule has 0 radical (unpaired) electrons. The highest BCUT2D eigenvalue weighted by Crippen LogP contribution is 2.32. The van der Waals surface area contributed by atoms with E-state index in [2.05, 4.69) is 15.6 Å². The number of nitrogen functional groups attached to an aromatic ring is 1. The van der Waals surface area contributed by atoms with Crippen molar-refractivity contribution in [1.29, 1.82) is 0 Å². The highest BCUT2D eigenvalue weighted by molar-refractivity contribution is 6.33. The number of amides is 1. The molecule has 0 atom stereocenters. The number of ether oxygens (including phenoxy) is 1. The summed E-state index contributed by atoms with van der Waals surface area (Å²) in [7, 11) is 0. The maximum absolute atomic E-state index is 11.5. The van der Waals surface area contributed by atoms with Crippen molar-refractivity contribution in [3.05, 3.63) is 41.6 Å². The van der Waals surface area contributed by atoms with E-state index >= 15 is 0 Å². The van der Waals surface area contributed by atoms with Crippen LogP contribution in [0.5, 0.6) is 0 Å². The Labute approximate surface area is 158 Å². The minimum atomic E-state index is -0.488. The van der Waals surface area contributed by atoms with Gasteiger partial charge in [-0.25, -0.2) is 9.78 Å². The van der Waals surface area contributed by atoms with E-state index in [9.17, 15) is 4.79 Å². The SMILES string of the molecule is CC(C)(C)OC(=O)NCC/C=C/CNc1c(N)c(Cl)nc2ccccc12. The average molecular weight is 377 g/mol. The molecule has 26 heavy (non-hydrogen) atoms. The fourth-order valence-corrected chi connectivity index (χ4v) is 2.51. The van der Waals surface area contributed by atoms with Crippen molar-refractivity contribution in [2.24, 2.45) is 0 Å². The first-order chi connectivity index (χ1) is 12.3. The molecule has 7 heteroatoms. The van der Waals surface area contributed by atoms with Crippen LogP contribution in [0.2, 0.25) is 5.15 Å². The number of hydrogen-bond donors (Lipinski definition) is 3. The first kappa shape index (κ1) is 19.8. The Morgan fingerprint density at radius 3 is 2.77 bits per heavy atom. The number of para-hydroxylation sites is 1. The van der Waals surface area contributed by atoms with Gasteiger partial charge in [0.2, 0.25) is 0 Å². The number of pyridine rings is 1. The van der Waals surface area contributed by atoms with Crippen LogP contribution >= 0.6 is 11.6 Å². The van der Waals surface area contributed by atoms with Gasteiger partial charge < -0.3 is 21.1 Å². The number of carbonyl (C=O) groups excluding carboxylic acids is 1. The van der Waals surface area contributed by atoms with Crippen LogP contribution in [0.3, 0.4) is 0 Å². The number of halogens is 1. The van der Waals surface area contributed by atoms with Gasteiger partial charge >= 0.3 is 6.09 Å². The summed E-state index contributed by atoms with van der Waals surface area (Å²) in [5.41, 5.74) is 7.57. The lowest BCUT2D eigenvalue weighted by Crippen LogP contribution is -2.32. The topological polar surface area (TPSA) is 89.3 Å². The van der Waals surface area contributed by atoms with E-state index in [4.69, 9.17) is 22.1 Å². The Balaban J connectivity index is 1.83. The van der Waals surface area contributed by atoms with E-state index in [-0.39, 0.29) is 5.15 Å². The second-order valence-electron chi connectivity index (χ2n) is 6.78. The van der Waals surface area contributed by atoms with Crippen molar-refractivity contribution in [3.8, 4) is 0 Å². The summed E-state index contributed by atoms with van der Waals surface area (Å²) in [5.74, 6) is 0. The lowest BCUT2D eigenvalue weighted by Gasteiger charge is -2.19. The molecule has 1 aromatic carbocycles. The van der Waals surface area contributed by atoms with Gasteiger partial charge in [-0.2, -0.15) is 0 Å². The van der Waals surface area contributed by atoms with Crippen LogP contribution in [0, 0.1) is 0 Å². The van der Waals surface area contributed by atoms with Gasteiger partial charge in [0.1, 0.15) is 5.60 Å². The zero-order valence-corrected chi connectivity index (χ0v) is 16.1. The summed E-state index contributed by atoms with van der Waals surface area (Å²) in [6, 6.07) is 7.68. The number of nitrogens with zero attached hydrogens (tertiary/aromatic N) is 1. The van der Waals surface area contributed by atoms with Crippen LogP contribution in [-0.2, 0) is 4.74 Å². The Morgan fingerprint density at radius 1 is 1.31 bits per heavy atom. The fraction of sp³-hybridized carbons (Fsp3) is 0.368. The van der Waals surface area contributed by atoms with Crippen LogP contribution in [0.4, 0.5) is 16.2 Å². The number of alkyl carbamates (subject to hydrolysis) is 1. The van der Waals surface area contributed by atoms with Crippen molar-refractivity contribution in [1.82, 2.24) is 10.3 Å². The van der Waals surface area contributed by atoms with Crippen LogP contribution in [0.15, 0.2) is 36.4 Å². The Kier molecular flexibility index (Phi) is 6.69. The Morgan fingerprint density at radius 2 is 2.04 bits per heavy atom. The van der Waals surface area contributed by atoms with Crippen LogP contribution < -0.4 is 16.4 Å². The smallest absolute Gasteiger partial charge is 0.407 e. The lowest BCUT2D eigenvalue weighted by atomic mass is 10.1. The molecule has 0 aliphatic rings. The number of hydrogen-bond acceptors (Lipinski definition) is 5. The van der Waals surface area contributed by atoms with E-state index in [1.54, 1.807) is 0 Å². The number of anilines is 2. The summed E-state index contributed by atoms with van der Waals surface area (Å²) in [4.78, 5) is 15.8. The molecule has 0 fully saturated rings. The molecular weight excluding hydrogens is 352 g/mol. The van der Waals surface area contributed by atoms with Gasteiger partial charge in [-0.3, -0.25) is 0 Å². The molecule has 0 saturated heterocycles. The quantitative estimate of drug-likeness (QED) is 0.396. The molecule has 0 spiro atoms. The molecule has 1 amide bonds. The molecule has 2 rings (SSSR count). The summed E-state index contributed by atoms with van der Waals surface area (Å²) in [6.45, 7) is 6.59. The van der Waals surface area contributed by atoms with E-state index < -0.39 is 11.7 Å². The number of carbonyl (C=O) groups is 1. The van der Waals surface area contributed by atoms with Gasteiger partial charge in [0.15, 0.2) is 5.15 Å². The van der Waals surface area contributed by atoms with Crippen LogP contribution in [0.25, 0.3) is 10.9 Å². The maximum atomic E-state index is 11.5. The number of benzene rings is 1. The summed E-state index contributed by atoms with van der Waals surface area (Å²) < 4.78 is 5.17. The van der Waals surface area contributed by atoms with E-state index in [1.165, 1.54) is 0 Å². The van der Waals surface area contributed by atoms with Crippen LogP contribution in [-0.4, -0.2) is 29.8 Å². The van der Waals surface area contributed by atoms with Gasteiger partial charge in [-0.15, -0.1) is 0 Å². The number of aromatic nitrogens is 1. The predicted molar refractivity (Wildman–Crippen MR) is 108 cm³/mol. The second-order valence-corrected chi connectivity index (χ2v) is 7.14. The molecule has 0 aliphatic heterocycles. The van der Waals surface area contributed by atoms with Gasteiger partial charge in [-0.05, 0) is 33.3 Å². The van der Waals surface area contributed by atoms with Crippen molar-refractivity contribution >= 4 is 40.0 Å². The number of nitrogens with two attached hydrogens (primary N) is 1. The van der Waals surface area contributed by atoms with E-state index in [0.717, 1.165) is 16.6 Å². The monoisotopic (exact) mass is 376 g/mol. The zero-order valence-electron chi connectivity index (χ0n) is 15.3. The summed E-state index contributed by atoms with van der Waals surface area (Å²) >= 11 is 6.10. The molecule has 4 N–H and O–H groups in total. The second kappa shape index (κ2) is 8.76. The van der Waals surface area contributed by atoms with Gasteiger partial charge in [0, 0.05) is 18.5 Å². The largest absolute Gasteiger partial charge is 0.444 e. The molecule has 140 valence electrons. The summed E-state index contributed by atoms with van der Waals surface area (Å²) in [5, 5.41) is 7.20.